The SMILES string of the molecule is O=C(O)c1c(O)ccc2c1C(=O)c1cc(O)ccc1-2. The Morgan fingerprint density at radius 1 is 0.947 bits per heavy atom. The summed E-state index contributed by atoms with van der Waals surface area (Å²) in [4.78, 5) is 23.4. The fraction of sp³-hybridized carbons (Fsp3) is 0. The van der Waals surface area contributed by atoms with Gasteiger partial charge in [-0.05, 0) is 41.5 Å². The van der Waals surface area contributed by atoms with Crippen molar-refractivity contribution in [2.75, 3.05) is 0 Å². The molecule has 1 aliphatic carbocycles. The van der Waals surface area contributed by atoms with Gasteiger partial charge in [0.25, 0.3) is 0 Å². The Hall–Kier alpha value is -2.82. The Bertz CT molecular complexity index is 746. The number of carboxylic acid groups (broad SMARTS) is 1. The van der Waals surface area contributed by atoms with Gasteiger partial charge in [0.1, 0.15) is 17.1 Å². The lowest BCUT2D eigenvalue weighted by molar-refractivity contribution is 0.0689. The summed E-state index contributed by atoms with van der Waals surface area (Å²) in [6.07, 6.45) is 0. The van der Waals surface area contributed by atoms with Gasteiger partial charge in [-0.3, -0.25) is 4.79 Å². The first-order valence-electron chi connectivity index (χ1n) is 5.48. The third kappa shape index (κ3) is 1.41. The second kappa shape index (κ2) is 3.58. The molecule has 2 aromatic rings. The number of rotatable bonds is 1. The molecule has 3 rings (SSSR count). The van der Waals surface area contributed by atoms with Crippen LogP contribution in [0.15, 0.2) is 30.3 Å². The number of ketones is 1. The Morgan fingerprint density at radius 2 is 1.63 bits per heavy atom. The smallest absolute Gasteiger partial charge is 0.340 e. The molecule has 0 spiro atoms. The molecule has 0 unspecified atom stereocenters. The van der Waals surface area contributed by atoms with Crippen LogP contribution >= 0.6 is 0 Å². The maximum Gasteiger partial charge on any atom is 0.340 e. The molecule has 1 aliphatic rings. The van der Waals surface area contributed by atoms with Gasteiger partial charge in [-0.1, -0.05) is 0 Å². The lowest BCUT2D eigenvalue weighted by Gasteiger charge is -2.05. The number of phenols is 2. The summed E-state index contributed by atoms with van der Waals surface area (Å²) in [6, 6.07) is 7.02. The lowest BCUT2D eigenvalue weighted by atomic mass is 10.00. The quantitative estimate of drug-likeness (QED) is 0.619. The van der Waals surface area contributed by atoms with Gasteiger partial charge in [-0.15, -0.1) is 0 Å². The summed E-state index contributed by atoms with van der Waals surface area (Å²) in [5, 5.41) is 28.1. The number of fused-ring (bicyclic) bond motifs is 3. The molecule has 0 aliphatic heterocycles. The number of carbonyl (C=O) groups excluding carboxylic acids is 1. The molecule has 3 N–H and O–H groups in total. The van der Waals surface area contributed by atoms with Crippen molar-refractivity contribution in [1.82, 2.24) is 0 Å². The number of aromatic hydroxyl groups is 2. The topological polar surface area (TPSA) is 94.8 Å². The first kappa shape index (κ1) is 11.3. The van der Waals surface area contributed by atoms with Crippen LogP contribution in [0.5, 0.6) is 11.5 Å². The van der Waals surface area contributed by atoms with Crippen molar-refractivity contribution in [3.05, 3.63) is 47.0 Å². The van der Waals surface area contributed by atoms with Crippen LogP contribution in [-0.2, 0) is 0 Å². The number of hydrogen-bond acceptors (Lipinski definition) is 4. The van der Waals surface area contributed by atoms with Crippen molar-refractivity contribution in [3.8, 4) is 22.6 Å². The zero-order chi connectivity index (χ0) is 13.7. The van der Waals surface area contributed by atoms with Crippen LogP contribution in [0.2, 0.25) is 0 Å². The van der Waals surface area contributed by atoms with Crippen LogP contribution in [0, 0.1) is 0 Å². The van der Waals surface area contributed by atoms with E-state index in [-0.39, 0.29) is 16.9 Å². The Morgan fingerprint density at radius 3 is 2.32 bits per heavy atom. The summed E-state index contributed by atoms with van der Waals surface area (Å²) < 4.78 is 0. The van der Waals surface area contributed by atoms with Crippen LogP contribution in [-0.4, -0.2) is 27.1 Å². The van der Waals surface area contributed by atoms with Gasteiger partial charge in [0.15, 0.2) is 5.78 Å². The molecule has 0 heterocycles. The van der Waals surface area contributed by atoms with E-state index in [0.29, 0.717) is 11.1 Å². The van der Waals surface area contributed by atoms with Gasteiger partial charge in [0.05, 0.1) is 0 Å². The van der Waals surface area contributed by atoms with Crippen molar-refractivity contribution in [3.63, 3.8) is 0 Å². The van der Waals surface area contributed by atoms with Crippen LogP contribution < -0.4 is 0 Å². The highest BCUT2D eigenvalue weighted by atomic mass is 16.4. The zero-order valence-electron chi connectivity index (χ0n) is 9.54. The average Bonchev–Trinajstić information content (AvgIpc) is 2.62. The van der Waals surface area contributed by atoms with E-state index < -0.39 is 23.1 Å². The van der Waals surface area contributed by atoms with Crippen LogP contribution in [0.3, 0.4) is 0 Å². The summed E-state index contributed by atoms with van der Waals surface area (Å²) >= 11 is 0. The molecule has 5 heteroatoms. The molecule has 0 amide bonds. The van der Waals surface area contributed by atoms with E-state index in [2.05, 4.69) is 0 Å². The summed E-state index contributed by atoms with van der Waals surface area (Å²) in [6.45, 7) is 0. The predicted molar refractivity (Wildman–Crippen MR) is 65.6 cm³/mol. The van der Waals surface area contributed by atoms with Crippen molar-refractivity contribution in [1.29, 1.82) is 0 Å². The molecule has 2 aromatic carbocycles. The molecule has 0 radical (unpaired) electrons. The Balaban J connectivity index is 2.39. The highest BCUT2D eigenvalue weighted by molar-refractivity contribution is 6.25. The van der Waals surface area contributed by atoms with E-state index in [1.54, 1.807) is 6.07 Å². The molecule has 0 fully saturated rings. The van der Waals surface area contributed by atoms with E-state index in [4.69, 9.17) is 5.11 Å². The van der Waals surface area contributed by atoms with Crippen LogP contribution in [0.4, 0.5) is 0 Å². The van der Waals surface area contributed by atoms with Crippen molar-refractivity contribution < 1.29 is 24.9 Å². The monoisotopic (exact) mass is 256 g/mol. The Labute approximate surface area is 107 Å². The highest BCUT2D eigenvalue weighted by Crippen LogP contribution is 2.42. The number of carboxylic acids is 1. The predicted octanol–water partition coefficient (Wildman–Crippen LogP) is 2.01. The second-order valence-electron chi connectivity index (χ2n) is 4.25. The molecule has 0 aromatic heterocycles. The van der Waals surface area contributed by atoms with E-state index in [9.17, 15) is 19.8 Å². The normalized spacial score (nSPS) is 12.1. The fourth-order valence-corrected chi connectivity index (χ4v) is 2.36. The highest BCUT2D eigenvalue weighted by Gasteiger charge is 2.33. The maximum absolute atomic E-state index is 12.2. The second-order valence-corrected chi connectivity index (χ2v) is 4.25. The number of hydrogen-bond donors (Lipinski definition) is 3. The minimum atomic E-state index is -1.36. The van der Waals surface area contributed by atoms with Gasteiger partial charge >= 0.3 is 5.97 Å². The van der Waals surface area contributed by atoms with E-state index in [1.165, 1.54) is 24.3 Å². The van der Waals surface area contributed by atoms with E-state index >= 15 is 0 Å². The number of phenolic OH excluding ortho intramolecular Hbond substituents is 1. The van der Waals surface area contributed by atoms with E-state index in [0.717, 1.165) is 0 Å². The third-order valence-corrected chi connectivity index (χ3v) is 3.16. The molecular formula is C14H8O5. The van der Waals surface area contributed by atoms with Crippen LogP contribution in [0.25, 0.3) is 11.1 Å². The molecule has 94 valence electrons. The standard InChI is InChI=1S/C14H8O5/c15-6-1-2-7-8-3-4-10(16)12(14(18)19)11(8)13(17)9(7)5-6/h1-5,15-16H,(H,18,19). The molecule has 0 saturated carbocycles. The Kier molecular flexibility index (Phi) is 2.13. The minimum Gasteiger partial charge on any atom is -0.508 e. The average molecular weight is 256 g/mol. The number of aromatic carboxylic acids is 1. The molecule has 19 heavy (non-hydrogen) atoms. The summed E-state index contributed by atoms with van der Waals surface area (Å²) in [5.74, 6) is -2.38. The van der Waals surface area contributed by atoms with Crippen molar-refractivity contribution in [2.45, 2.75) is 0 Å². The number of carbonyl (C=O) groups is 2. The molecule has 0 atom stereocenters. The van der Waals surface area contributed by atoms with Crippen LogP contribution in [0.1, 0.15) is 26.3 Å². The molecule has 0 bridgehead atoms. The third-order valence-electron chi connectivity index (χ3n) is 3.16. The van der Waals surface area contributed by atoms with Crippen molar-refractivity contribution >= 4 is 11.8 Å². The van der Waals surface area contributed by atoms with E-state index in [1.807, 2.05) is 0 Å². The lowest BCUT2D eigenvalue weighted by Crippen LogP contribution is -2.07. The maximum atomic E-state index is 12.2. The minimum absolute atomic E-state index is 0.0342. The van der Waals surface area contributed by atoms with Gasteiger partial charge < -0.3 is 15.3 Å². The van der Waals surface area contributed by atoms with Gasteiger partial charge in [0, 0.05) is 11.1 Å². The summed E-state index contributed by atoms with van der Waals surface area (Å²) in [5.41, 5.74) is 0.810. The molecular weight excluding hydrogens is 248 g/mol. The summed E-state index contributed by atoms with van der Waals surface area (Å²) in [7, 11) is 0. The number of benzene rings is 2. The first-order chi connectivity index (χ1) is 9.00. The van der Waals surface area contributed by atoms with Crippen molar-refractivity contribution in [2.24, 2.45) is 0 Å². The van der Waals surface area contributed by atoms with Gasteiger partial charge in [-0.25, -0.2) is 4.79 Å². The van der Waals surface area contributed by atoms with Gasteiger partial charge in [0.2, 0.25) is 0 Å². The molecule has 0 saturated heterocycles. The van der Waals surface area contributed by atoms with Gasteiger partial charge in [-0.2, -0.15) is 0 Å². The molecule has 5 nitrogen and oxygen atoms in total. The largest absolute Gasteiger partial charge is 0.508 e. The first-order valence-corrected chi connectivity index (χ1v) is 5.48. The zero-order valence-corrected chi connectivity index (χ0v) is 9.54. The fourth-order valence-electron chi connectivity index (χ4n) is 2.36.